The third-order valence-corrected chi connectivity index (χ3v) is 3.93. The fourth-order valence-corrected chi connectivity index (χ4v) is 2.41. The first-order valence-electron chi connectivity index (χ1n) is 6.00. The predicted molar refractivity (Wildman–Crippen MR) is 83.2 cm³/mol. The van der Waals surface area contributed by atoms with Crippen LogP contribution < -0.4 is 10.9 Å². The van der Waals surface area contributed by atoms with E-state index in [2.05, 4.69) is 0 Å². The molecule has 0 bridgehead atoms. The zero-order valence-corrected chi connectivity index (χ0v) is 13.5. The van der Waals surface area contributed by atoms with Crippen molar-refractivity contribution in [2.24, 2.45) is 0 Å². The Morgan fingerprint density at radius 3 is 2.38 bits per heavy atom. The summed E-state index contributed by atoms with van der Waals surface area (Å²) in [5.41, 5.74) is -3.44. The molecule has 3 N–H and O–H groups in total. The van der Waals surface area contributed by atoms with Gasteiger partial charge in [-0.3, -0.25) is 9.59 Å². The quantitative estimate of drug-likeness (QED) is 0.656. The standard InChI is InChI=1S/C13H6Cl3F3N2O3/c14-5-2-6(15)10(22)8(9(5)16)12(24)21-7-1-4(13(17,18)19)3-20-11(7)23/h1-3,22H,(H,20,23)(H,21,24). The Balaban J connectivity index is 2.47. The van der Waals surface area contributed by atoms with E-state index in [9.17, 15) is 27.9 Å². The Bertz CT molecular complexity index is 855. The van der Waals surface area contributed by atoms with Gasteiger partial charge in [0.15, 0.2) is 0 Å². The van der Waals surface area contributed by atoms with Gasteiger partial charge in [-0.15, -0.1) is 0 Å². The minimum Gasteiger partial charge on any atom is -0.505 e. The molecular weight excluding hydrogens is 396 g/mol. The first-order valence-corrected chi connectivity index (χ1v) is 7.13. The average molecular weight is 402 g/mol. The zero-order valence-electron chi connectivity index (χ0n) is 11.3. The van der Waals surface area contributed by atoms with Crippen LogP contribution in [0.3, 0.4) is 0 Å². The molecule has 24 heavy (non-hydrogen) atoms. The molecule has 1 aromatic heterocycles. The molecule has 5 nitrogen and oxygen atoms in total. The Hall–Kier alpha value is -1.90. The van der Waals surface area contributed by atoms with Crippen molar-refractivity contribution >= 4 is 46.4 Å². The smallest absolute Gasteiger partial charge is 0.417 e. The van der Waals surface area contributed by atoms with Crippen LogP contribution in [-0.4, -0.2) is 16.0 Å². The van der Waals surface area contributed by atoms with Gasteiger partial charge >= 0.3 is 6.18 Å². The van der Waals surface area contributed by atoms with E-state index >= 15 is 0 Å². The Morgan fingerprint density at radius 1 is 1.17 bits per heavy atom. The molecule has 0 radical (unpaired) electrons. The number of benzene rings is 1. The minimum absolute atomic E-state index is 0.164. The number of phenols is 1. The maximum atomic E-state index is 12.7. The number of rotatable bonds is 2. The molecule has 0 unspecified atom stereocenters. The molecule has 0 aliphatic carbocycles. The highest BCUT2D eigenvalue weighted by atomic mass is 35.5. The number of alkyl halides is 3. The number of hydrogen-bond acceptors (Lipinski definition) is 3. The molecule has 0 saturated carbocycles. The molecule has 0 aliphatic rings. The molecule has 128 valence electrons. The van der Waals surface area contributed by atoms with Gasteiger partial charge in [0.1, 0.15) is 17.0 Å². The third kappa shape index (κ3) is 3.61. The van der Waals surface area contributed by atoms with Gasteiger partial charge in [0.05, 0.1) is 20.6 Å². The molecule has 2 aromatic rings. The van der Waals surface area contributed by atoms with Crippen LogP contribution in [0, 0.1) is 0 Å². The molecule has 0 saturated heterocycles. The van der Waals surface area contributed by atoms with E-state index in [0.717, 1.165) is 6.07 Å². The molecule has 0 fully saturated rings. The third-order valence-electron chi connectivity index (χ3n) is 2.85. The van der Waals surface area contributed by atoms with E-state index in [1.54, 1.807) is 0 Å². The van der Waals surface area contributed by atoms with Crippen LogP contribution in [0.4, 0.5) is 18.9 Å². The summed E-state index contributed by atoms with van der Waals surface area (Å²) in [6.07, 6.45) is -4.28. The molecule has 1 aromatic carbocycles. The minimum atomic E-state index is -4.73. The number of aromatic nitrogens is 1. The number of H-pyrrole nitrogens is 1. The molecule has 1 heterocycles. The molecule has 11 heteroatoms. The topological polar surface area (TPSA) is 82.2 Å². The van der Waals surface area contributed by atoms with Gasteiger partial charge in [-0.25, -0.2) is 0 Å². The first kappa shape index (κ1) is 18.4. The summed E-state index contributed by atoms with van der Waals surface area (Å²) in [7, 11) is 0. The highest BCUT2D eigenvalue weighted by Gasteiger charge is 2.32. The van der Waals surface area contributed by atoms with Crippen LogP contribution >= 0.6 is 34.8 Å². The number of anilines is 1. The zero-order chi connectivity index (χ0) is 18.2. The number of aromatic hydroxyl groups is 1. The van der Waals surface area contributed by atoms with Crippen molar-refractivity contribution in [3.63, 3.8) is 0 Å². The lowest BCUT2D eigenvalue weighted by Crippen LogP contribution is -2.22. The normalized spacial score (nSPS) is 11.4. The lowest BCUT2D eigenvalue weighted by Gasteiger charge is -2.12. The molecule has 0 aliphatic heterocycles. The second-order valence-corrected chi connectivity index (χ2v) is 5.65. The summed E-state index contributed by atoms with van der Waals surface area (Å²) < 4.78 is 38.0. The number of carbonyl (C=O) groups is 1. The van der Waals surface area contributed by atoms with Gasteiger partial charge in [0.2, 0.25) is 0 Å². The molecule has 2 rings (SSSR count). The van der Waals surface area contributed by atoms with Gasteiger partial charge < -0.3 is 15.4 Å². The van der Waals surface area contributed by atoms with E-state index in [1.165, 1.54) is 0 Å². The molecule has 0 spiro atoms. The summed E-state index contributed by atoms with van der Waals surface area (Å²) in [6, 6.07) is 1.52. The van der Waals surface area contributed by atoms with Gasteiger partial charge in [0.25, 0.3) is 11.5 Å². The van der Waals surface area contributed by atoms with E-state index in [0.29, 0.717) is 12.3 Å². The van der Waals surface area contributed by atoms with Crippen molar-refractivity contribution in [2.45, 2.75) is 6.18 Å². The fraction of sp³-hybridized carbons (Fsp3) is 0.0769. The summed E-state index contributed by atoms with van der Waals surface area (Å²) in [4.78, 5) is 25.6. The maximum Gasteiger partial charge on any atom is 0.417 e. The first-order chi connectivity index (χ1) is 11.0. The van der Waals surface area contributed by atoms with E-state index in [1.807, 2.05) is 10.3 Å². The molecule has 1 amide bonds. The number of nitrogens with one attached hydrogen (secondary N) is 2. The second-order valence-electron chi connectivity index (χ2n) is 4.46. The summed E-state index contributed by atoms with van der Waals surface area (Å²) >= 11 is 17.2. The number of amides is 1. The molecular formula is C13H6Cl3F3N2O3. The van der Waals surface area contributed by atoms with Crippen molar-refractivity contribution < 1.29 is 23.1 Å². The van der Waals surface area contributed by atoms with Crippen LogP contribution in [-0.2, 0) is 6.18 Å². The number of aromatic amines is 1. The largest absolute Gasteiger partial charge is 0.505 e. The fourth-order valence-electron chi connectivity index (χ4n) is 1.72. The summed E-state index contributed by atoms with van der Waals surface area (Å²) in [5, 5.41) is 10.9. The number of carbonyl (C=O) groups excluding carboxylic acids is 1. The van der Waals surface area contributed by atoms with Gasteiger partial charge in [0, 0.05) is 6.20 Å². The highest BCUT2D eigenvalue weighted by Crippen LogP contribution is 2.38. The van der Waals surface area contributed by atoms with Gasteiger partial charge in [-0.05, 0) is 12.1 Å². The van der Waals surface area contributed by atoms with Crippen LogP contribution in [0.1, 0.15) is 15.9 Å². The Morgan fingerprint density at radius 2 is 1.79 bits per heavy atom. The van der Waals surface area contributed by atoms with Crippen LogP contribution in [0.25, 0.3) is 0 Å². The van der Waals surface area contributed by atoms with Crippen molar-refractivity contribution in [1.29, 1.82) is 0 Å². The molecule has 0 atom stereocenters. The predicted octanol–water partition coefficient (Wildman–Crippen LogP) is 4.31. The van der Waals surface area contributed by atoms with E-state index < -0.39 is 40.2 Å². The number of phenolic OH excluding ortho intramolecular Hbond substituents is 1. The summed E-state index contributed by atoms with van der Waals surface area (Å²) in [6.45, 7) is 0. The van der Waals surface area contributed by atoms with Crippen molar-refractivity contribution in [1.82, 2.24) is 4.98 Å². The van der Waals surface area contributed by atoms with Gasteiger partial charge in [-0.1, -0.05) is 34.8 Å². The Kier molecular flexibility index (Phi) is 5.03. The lowest BCUT2D eigenvalue weighted by atomic mass is 10.1. The summed E-state index contributed by atoms with van der Waals surface area (Å²) in [5.74, 6) is -1.89. The highest BCUT2D eigenvalue weighted by molar-refractivity contribution is 6.46. The Labute approximate surface area is 147 Å². The van der Waals surface area contributed by atoms with Gasteiger partial charge in [-0.2, -0.15) is 13.2 Å². The second kappa shape index (κ2) is 6.54. The van der Waals surface area contributed by atoms with Crippen LogP contribution in [0.5, 0.6) is 5.75 Å². The number of halogens is 6. The van der Waals surface area contributed by atoms with E-state index in [-0.39, 0.29) is 15.1 Å². The number of pyridine rings is 1. The SMILES string of the molecule is O=C(Nc1cc(C(F)(F)F)c[nH]c1=O)c1c(O)c(Cl)cc(Cl)c1Cl. The lowest BCUT2D eigenvalue weighted by molar-refractivity contribution is -0.137. The van der Waals surface area contributed by atoms with Crippen LogP contribution in [0.2, 0.25) is 15.1 Å². The van der Waals surface area contributed by atoms with Crippen molar-refractivity contribution in [3.05, 3.63) is 54.9 Å². The maximum absolute atomic E-state index is 12.7. The average Bonchev–Trinajstić information content (AvgIpc) is 2.46. The van der Waals surface area contributed by atoms with Crippen LogP contribution in [0.15, 0.2) is 23.1 Å². The van der Waals surface area contributed by atoms with E-state index in [4.69, 9.17) is 34.8 Å². The monoisotopic (exact) mass is 400 g/mol. The van der Waals surface area contributed by atoms with Crippen molar-refractivity contribution in [3.8, 4) is 5.75 Å². The van der Waals surface area contributed by atoms with Crippen molar-refractivity contribution in [2.75, 3.05) is 5.32 Å². The number of hydrogen-bond donors (Lipinski definition) is 3.